The Labute approximate surface area is 177 Å². The Kier molecular flexibility index (Phi) is 7.60. The molecule has 2 fully saturated rings. The third-order valence-electron chi connectivity index (χ3n) is 6.05. The fraction of sp³-hybridized carbons (Fsp3) is 0.417. The number of benzene rings is 2. The number of hydrogen-bond donors (Lipinski definition) is 3. The van der Waals surface area contributed by atoms with E-state index in [9.17, 15) is 9.90 Å². The maximum Gasteiger partial charge on any atom is 0.290 e. The lowest BCUT2D eigenvalue weighted by Gasteiger charge is -2.35. The van der Waals surface area contributed by atoms with Crippen LogP contribution >= 0.6 is 0 Å². The predicted octanol–water partition coefficient (Wildman–Crippen LogP) is 2.76. The third kappa shape index (κ3) is 5.68. The zero-order valence-electron chi connectivity index (χ0n) is 17.3. The maximum atomic E-state index is 11.4. The zero-order chi connectivity index (χ0) is 21.5. The molecule has 160 valence electrons. The van der Waals surface area contributed by atoms with Gasteiger partial charge in [-0.3, -0.25) is 14.5 Å². The summed E-state index contributed by atoms with van der Waals surface area (Å²) in [5.41, 5.74) is 3.83. The van der Waals surface area contributed by atoms with E-state index in [1.165, 1.54) is 23.6 Å². The number of nitrogens with zero attached hydrogens (tertiary/aromatic N) is 1. The van der Waals surface area contributed by atoms with Crippen molar-refractivity contribution in [2.45, 2.75) is 38.5 Å². The van der Waals surface area contributed by atoms with Gasteiger partial charge in [0.1, 0.15) is 0 Å². The van der Waals surface area contributed by atoms with Crippen molar-refractivity contribution in [3.63, 3.8) is 0 Å². The normalized spacial score (nSPS) is 25.5. The average Bonchev–Trinajstić information content (AvgIpc) is 3.10. The second-order valence-corrected chi connectivity index (χ2v) is 8.23. The van der Waals surface area contributed by atoms with Crippen molar-refractivity contribution in [3.8, 4) is 11.1 Å². The number of nitrogens with one attached hydrogen (secondary N) is 1. The fourth-order valence-corrected chi connectivity index (χ4v) is 4.81. The molecule has 2 aromatic carbocycles. The second-order valence-electron chi connectivity index (χ2n) is 8.23. The summed E-state index contributed by atoms with van der Waals surface area (Å²) in [6, 6.07) is 19.2. The molecule has 1 aliphatic carbocycles. The lowest BCUT2D eigenvalue weighted by atomic mass is 9.77. The van der Waals surface area contributed by atoms with Crippen LogP contribution in [0.1, 0.15) is 25.3 Å². The van der Waals surface area contributed by atoms with Crippen molar-refractivity contribution in [2.24, 2.45) is 11.8 Å². The van der Waals surface area contributed by atoms with Gasteiger partial charge >= 0.3 is 0 Å². The van der Waals surface area contributed by atoms with Crippen molar-refractivity contribution in [1.29, 1.82) is 0 Å². The molecule has 1 amide bonds. The number of aliphatic hydroxyl groups excluding tert-OH is 1. The highest BCUT2D eigenvalue weighted by Gasteiger charge is 2.41. The van der Waals surface area contributed by atoms with Crippen molar-refractivity contribution in [1.82, 2.24) is 10.2 Å². The Hall–Kier alpha value is -2.70. The van der Waals surface area contributed by atoms with Crippen molar-refractivity contribution in [2.75, 3.05) is 13.1 Å². The smallest absolute Gasteiger partial charge is 0.290 e. The summed E-state index contributed by atoms with van der Waals surface area (Å²) < 4.78 is 0. The van der Waals surface area contributed by atoms with Crippen LogP contribution in [0.4, 0.5) is 0 Å². The van der Waals surface area contributed by atoms with Crippen LogP contribution in [0.25, 0.3) is 11.1 Å². The standard InChI is InChI=1S/C23H28N2O2.CH2O2/c1-16(26)24-22-11-20-14-25(15-21(20)12-23(22)27)13-17-6-5-9-19(10-17)18-7-3-2-4-8-18;2-1-3/h2-10,20-23,27H,11-15H2,1H3,(H,24,26);1H,(H,2,3)/t20-,21+,22-,23-;/m1./s1. The van der Waals surface area contributed by atoms with Gasteiger partial charge in [-0.25, -0.2) is 0 Å². The largest absolute Gasteiger partial charge is 0.483 e. The molecule has 0 unspecified atom stereocenters. The summed E-state index contributed by atoms with van der Waals surface area (Å²) in [5.74, 6) is 1.04. The van der Waals surface area contributed by atoms with Gasteiger partial charge in [-0.15, -0.1) is 0 Å². The van der Waals surface area contributed by atoms with E-state index in [0.29, 0.717) is 11.8 Å². The van der Waals surface area contributed by atoms with Crippen molar-refractivity contribution >= 4 is 12.4 Å². The SMILES string of the molecule is CC(=O)N[C@@H]1C[C@@H]2CN(Cc3cccc(-c4ccccc4)c3)C[C@@H]2C[C@H]1O.O=CO. The second kappa shape index (κ2) is 10.4. The number of hydrogen-bond acceptors (Lipinski definition) is 4. The number of carbonyl (C=O) groups excluding carboxylic acids is 1. The highest BCUT2D eigenvalue weighted by Crippen LogP contribution is 2.37. The summed E-state index contributed by atoms with van der Waals surface area (Å²) in [6.45, 7) is 4.29. The number of carboxylic acid groups (broad SMARTS) is 1. The summed E-state index contributed by atoms with van der Waals surface area (Å²) >= 11 is 0. The molecule has 6 nitrogen and oxygen atoms in total. The number of carbonyl (C=O) groups is 2. The molecule has 0 aromatic heterocycles. The van der Waals surface area contributed by atoms with E-state index in [-0.39, 0.29) is 18.4 Å². The van der Waals surface area contributed by atoms with Crippen LogP contribution < -0.4 is 5.32 Å². The minimum Gasteiger partial charge on any atom is -0.483 e. The Morgan fingerprint density at radius 3 is 2.37 bits per heavy atom. The molecule has 30 heavy (non-hydrogen) atoms. The van der Waals surface area contributed by atoms with E-state index in [1.54, 1.807) is 0 Å². The lowest BCUT2D eigenvalue weighted by molar-refractivity contribution is -0.123. The molecule has 4 atom stereocenters. The molecule has 2 aliphatic rings. The number of amides is 1. The monoisotopic (exact) mass is 410 g/mol. The summed E-state index contributed by atoms with van der Waals surface area (Å²) in [6.07, 6.45) is 1.25. The molecule has 1 aliphatic heterocycles. The van der Waals surface area contributed by atoms with Gasteiger partial charge in [-0.1, -0.05) is 48.5 Å². The third-order valence-corrected chi connectivity index (χ3v) is 6.05. The van der Waals surface area contributed by atoms with Gasteiger partial charge in [0.2, 0.25) is 5.91 Å². The number of rotatable bonds is 4. The van der Waals surface area contributed by atoms with Crippen LogP contribution in [0.5, 0.6) is 0 Å². The Morgan fingerprint density at radius 2 is 1.70 bits per heavy atom. The highest BCUT2D eigenvalue weighted by molar-refractivity contribution is 5.73. The minimum atomic E-state index is -0.420. The molecule has 1 saturated carbocycles. The number of fused-ring (bicyclic) bond motifs is 1. The maximum absolute atomic E-state index is 11.4. The van der Waals surface area contributed by atoms with E-state index in [2.05, 4.69) is 58.7 Å². The molecular weight excluding hydrogens is 380 g/mol. The van der Waals surface area contributed by atoms with Gasteiger partial charge < -0.3 is 15.5 Å². The van der Waals surface area contributed by atoms with E-state index < -0.39 is 6.10 Å². The first-order valence-corrected chi connectivity index (χ1v) is 10.4. The molecular formula is C24H30N2O4. The Balaban J connectivity index is 0.000000806. The van der Waals surface area contributed by atoms with Crippen LogP contribution in [0.15, 0.2) is 54.6 Å². The van der Waals surface area contributed by atoms with Gasteiger partial charge in [-0.05, 0) is 47.4 Å². The first-order chi connectivity index (χ1) is 14.5. The first-order valence-electron chi connectivity index (χ1n) is 10.4. The molecule has 6 heteroatoms. The van der Waals surface area contributed by atoms with Crippen LogP contribution in [0.2, 0.25) is 0 Å². The van der Waals surface area contributed by atoms with Crippen LogP contribution in [0.3, 0.4) is 0 Å². The van der Waals surface area contributed by atoms with E-state index in [0.717, 1.165) is 32.5 Å². The first kappa shape index (κ1) is 22.0. The predicted molar refractivity (Wildman–Crippen MR) is 116 cm³/mol. The zero-order valence-corrected chi connectivity index (χ0v) is 17.3. The quantitative estimate of drug-likeness (QED) is 0.675. The summed E-state index contributed by atoms with van der Waals surface area (Å²) in [7, 11) is 0. The van der Waals surface area contributed by atoms with Gasteiger partial charge in [0.05, 0.1) is 12.1 Å². The van der Waals surface area contributed by atoms with Gasteiger partial charge in [0.15, 0.2) is 0 Å². The van der Waals surface area contributed by atoms with Crippen LogP contribution in [-0.4, -0.2) is 52.7 Å². The molecule has 1 saturated heterocycles. The van der Waals surface area contributed by atoms with Crippen molar-refractivity contribution in [3.05, 3.63) is 60.2 Å². The fourth-order valence-electron chi connectivity index (χ4n) is 4.81. The molecule has 2 aromatic rings. The lowest BCUT2D eigenvalue weighted by Crippen LogP contribution is -2.48. The van der Waals surface area contributed by atoms with Crippen molar-refractivity contribution < 1.29 is 19.8 Å². The molecule has 0 bridgehead atoms. The van der Waals surface area contributed by atoms with E-state index in [4.69, 9.17) is 9.90 Å². The van der Waals surface area contributed by atoms with Gasteiger partial charge in [0.25, 0.3) is 6.47 Å². The number of aliphatic hydroxyl groups is 1. The topological polar surface area (TPSA) is 89.9 Å². The van der Waals surface area contributed by atoms with Crippen LogP contribution in [0, 0.1) is 11.8 Å². The summed E-state index contributed by atoms with van der Waals surface area (Å²) in [4.78, 5) is 22.2. The van der Waals surface area contributed by atoms with Gasteiger partial charge in [0, 0.05) is 26.6 Å². The summed E-state index contributed by atoms with van der Waals surface area (Å²) in [5, 5.41) is 20.2. The Morgan fingerprint density at radius 1 is 1.07 bits per heavy atom. The minimum absolute atomic E-state index is 0.0509. The molecule has 3 N–H and O–H groups in total. The Bertz CT molecular complexity index is 842. The molecule has 0 spiro atoms. The highest BCUT2D eigenvalue weighted by atomic mass is 16.3. The van der Waals surface area contributed by atoms with E-state index in [1.807, 2.05) is 6.07 Å². The number of likely N-dealkylation sites (tertiary alicyclic amines) is 1. The molecule has 0 radical (unpaired) electrons. The van der Waals surface area contributed by atoms with E-state index >= 15 is 0 Å². The average molecular weight is 411 g/mol. The molecule has 1 heterocycles. The molecule has 4 rings (SSSR count). The van der Waals surface area contributed by atoms with Gasteiger partial charge in [-0.2, -0.15) is 0 Å². The van der Waals surface area contributed by atoms with Crippen LogP contribution in [-0.2, 0) is 16.1 Å².